The number of fused-ring (bicyclic) bond motifs is 2. The monoisotopic (exact) mass is 507 g/mol. The van der Waals surface area contributed by atoms with E-state index in [4.69, 9.17) is 4.98 Å². The van der Waals surface area contributed by atoms with Gasteiger partial charge in [-0.2, -0.15) is 27.0 Å². The van der Waals surface area contributed by atoms with Crippen molar-refractivity contribution >= 4 is 51.9 Å². The van der Waals surface area contributed by atoms with Crippen molar-refractivity contribution in [1.29, 1.82) is 0 Å². The molecule has 3 nitrogen and oxygen atoms in total. The number of hydrogen-bond donors (Lipinski definition) is 0. The summed E-state index contributed by atoms with van der Waals surface area (Å²) in [5, 5.41) is 1.38. The van der Waals surface area contributed by atoms with Crippen molar-refractivity contribution < 1.29 is 0 Å². The standard InChI is InChI=1S/C27H45N3Si.2H2S/c1-19(2)31(20(3)4,21(5)6)30-16-14-23-25(13-15-28-26(23)30)29-18-27(7,8)17-22-11-9-10-12-24(22)29;;/h13-16,19-22,24H,9-12,17-18H2,1-8H3;2*1H2/t22-,24+;;/m1../s1. The summed E-state index contributed by atoms with van der Waals surface area (Å²) in [5.74, 6) is 0.846. The van der Waals surface area contributed by atoms with E-state index in [2.05, 4.69) is 89.0 Å². The summed E-state index contributed by atoms with van der Waals surface area (Å²) in [6.07, 6.45) is 11.4. The van der Waals surface area contributed by atoms with Gasteiger partial charge in [0.05, 0.1) is 0 Å². The van der Waals surface area contributed by atoms with Crippen LogP contribution in [0.5, 0.6) is 0 Å². The van der Waals surface area contributed by atoms with E-state index < -0.39 is 8.24 Å². The van der Waals surface area contributed by atoms with E-state index in [9.17, 15) is 0 Å². The minimum absolute atomic E-state index is 0. The highest BCUT2D eigenvalue weighted by Crippen LogP contribution is 2.47. The van der Waals surface area contributed by atoms with Crippen LogP contribution in [0.3, 0.4) is 0 Å². The average molecular weight is 508 g/mol. The van der Waals surface area contributed by atoms with Gasteiger partial charge in [-0.3, -0.25) is 0 Å². The third kappa shape index (κ3) is 4.78. The van der Waals surface area contributed by atoms with E-state index in [1.807, 2.05) is 0 Å². The van der Waals surface area contributed by atoms with Crippen LogP contribution in [0.1, 0.15) is 87.5 Å². The molecule has 2 aromatic heterocycles. The predicted molar refractivity (Wildman–Crippen MR) is 158 cm³/mol. The number of aromatic nitrogens is 2. The first-order valence-corrected chi connectivity index (χ1v) is 15.0. The van der Waals surface area contributed by atoms with Crippen LogP contribution in [-0.2, 0) is 0 Å². The Balaban J connectivity index is 0.00000193. The Morgan fingerprint density at radius 3 is 2.15 bits per heavy atom. The Labute approximate surface area is 218 Å². The van der Waals surface area contributed by atoms with Crippen molar-refractivity contribution in [3.05, 3.63) is 24.5 Å². The minimum atomic E-state index is -1.82. The van der Waals surface area contributed by atoms with Crippen molar-refractivity contribution in [2.24, 2.45) is 11.3 Å². The maximum Gasteiger partial charge on any atom is 0.171 e. The zero-order valence-corrected chi connectivity index (χ0v) is 25.3. The Bertz CT molecular complexity index is 899. The third-order valence-corrected chi connectivity index (χ3v) is 15.5. The summed E-state index contributed by atoms with van der Waals surface area (Å²) >= 11 is 0. The third-order valence-electron chi connectivity index (χ3n) is 8.75. The van der Waals surface area contributed by atoms with Gasteiger partial charge in [-0.05, 0) is 65.5 Å². The van der Waals surface area contributed by atoms with Crippen molar-refractivity contribution in [2.75, 3.05) is 11.4 Å². The van der Waals surface area contributed by atoms with Crippen molar-refractivity contribution in [1.82, 2.24) is 9.22 Å². The highest BCUT2D eigenvalue weighted by molar-refractivity contribution is 7.59. The van der Waals surface area contributed by atoms with Gasteiger partial charge in [0.25, 0.3) is 0 Å². The minimum Gasteiger partial charge on any atom is -0.367 e. The fourth-order valence-electron chi connectivity index (χ4n) is 7.87. The topological polar surface area (TPSA) is 21.1 Å². The molecular weight excluding hydrogens is 459 g/mol. The molecule has 1 aliphatic carbocycles. The fourth-order valence-corrected chi connectivity index (χ4v) is 14.4. The first-order chi connectivity index (χ1) is 14.6. The fraction of sp³-hybridized carbons (Fsp3) is 0.741. The van der Waals surface area contributed by atoms with Crippen LogP contribution in [0.25, 0.3) is 11.0 Å². The molecule has 0 amide bonds. The lowest BCUT2D eigenvalue weighted by Crippen LogP contribution is -2.53. The van der Waals surface area contributed by atoms with Gasteiger partial charge in [0, 0.05) is 29.9 Å². The normalized spacial score (nSPS) is 22.9. The number of hydrogen-bond acceptors (Lipinski definition) is 2. The molecule has 0 unspecified atom stereocenters. The number of piperidine rings is 1. The van der Waals surface area contributed by atoms with Gasteiger partial charge in [-0.1, -0.05) is 68.2 Å². The largest absolute Gasteiger partial charge is 0.367 e. The summed E-state index contributed by atoms with van der Waals surface area (Å²) in [6, 6.07) is 5.41. The SMILES string of the molecule is CC(C)[Si](C(C)C)(C(C)C)n1ccc2c(N3CC(C)(C)C[C@H]4CCCC[C@@H]43)ccnc21.S.S. The quantitative estimate of drug-likeness (QED) is 0.381. The van der Waals surface area contributed by atoms with Crippen LogP contribution in [-0.4, -0.2) is 30.0 Å². The predicted octanol–water partition coefficient (Wildman–Crippen LogP) is 8.08. The molecule has 33 heavy (non-hydrogen) atoms. The molecule has 0 radical (unpaired) electrons. The molecule has 3 heterocycles. The molecular formula is C27H49N3S2Si. The van der Waals surface area contributed by atoms with E-state index in [1.165, 1.54) is 55.4 Å². The van der Waals surface area contributed by atoms with Crippen molar-refractivity contribution in [3.63, 3.8) is 0 Å². The van der Waals surface area contributed by atoms with E-state index >= 15 is 0 Å². The molecule has 2 aromatic rings. The van der Waals surface area contributed by atoms with Crippen LogP contribution in [0.15, 0.2) is 24.5 Å². The van der Waals surface area contributed by atoms with Crippen molar-refractivity contribution in [2.45, 2.75) is 110 Å². The van der Waals surface area contributed by atoms with E-state index in [-0.39, 0.29) is 27.0 Å². The summed E-state index contributed by atoms with van der Waals surface area (Å²) in [6.45, 7) is 20.8. The Hall–Kier alpha value is -0.593. The van der Waals surface area contributed by atoms with Crippen LogP contribution < -0.4 is 4.90 Å². The number of nitrogens with zero attached hydrogens (tertiary/aromatic N) is 3. The number of pyridine rings is 1. The van der Waals surface area contributed by atoms with E-state index in [1.54, 1.807) is 0 Å². The van der Waals surface area contributed by atoms with Gasteiger partial charge in [0.2, 0.25) is 0 Å². The molecule has 4 rings (SSSR count). The maximum absolute atomic E-state index is 5.02. The number of rotatable bonds is 5. The van der Waals surface area contributed by atoms with Gasteiger partial charge in [0.15, 0.2) is 8.24 Å². The van der Waals surface area contributed by atoms with Crippen LogP contribution >= 0.6 is 27.0 Å². The second-order valence-corrected chi connectivity index (χ2v) is 17.9. The summed E-state index contributed by atoms with van der Waals surface area (Å²) in [7, 11) is -1.82. The molecule has 1 aliphatic heterocycles. The smallest absolute Gasteiger partial charge is 0.171 e. The maximum atomic E-state index is 5.02. The lowest BCUT2D eigenvalue weighted by atomic mass is 9.69. The Morgan fingerprint density at radius 1 is 0.939 bits per heavy atom. The van der Waals surface area contributed by atoms with Crippen LogP contribution in [0.2, 0.25) is 16.6 Å². The van der Waals surface area contributed by atoms with E-state index in [0.29, 0.717) is 28.1 Å². The average Bonchev–Trinajstić information content (AvgIpc) is 3.10. The Morgan fingerprint density at radius 2 is 1.55 bits per heavy atom. The van der Waals surface area contributed by atoms with Crippen molar-refractivity contribution in [3.8, 4) is 0 Å². The van der Waals surface area contributed by atoms with Gasteiger partial charge < -0.3 is 9.13 Å². The molecule has 0 bridgehead atoms. The molecule has 188 valence electrons. The van der Waals surface area contributed by atoms with Crippen LogP contribution in [0, 0.1) is 11.3 Å². The molecule has 2 aliphatic rings. The zero-order chi connectivity index (χ0) is 22.6. The van der Waals surface area contributed by atoms with Gasteiger partial charge in [-0.15, -0.1) is 0 Å². The Kier molecular flexibility index (Phi) is 9.18. The summed E-state index contributed by atoms with van der Waals surface area (Å²) in [4.78, 5) is 7.82. The molecule has 0 N–H and O–H groups in total. The molecule has 0 aromatic carbocycles. The molecule has 0 spiro atoms. The molecule has 6 heteroatoms. The summed E-state index contributed by atoms with van der Waals surface area (Å²) < 4.78 is 2.68. The van der Waals surface area contributed by atoms with Gasteiger partial charge >= 0.3 is 0 Å². The molecule has 2 atom stereocenters. The van der Waals surface area contributed by atoms with Gasteiger partial charge in [-0.25, -0.2) is 4.98 Å². The summed E-state index contributed by atoms with van der Waals surface area (Å²) in [5.41, 5.74) is 5.06. The lowest BCUT2D eigenvalue weighted by Gasteiger charge is -2.51. The molecule has 1 saturated carbocycles. The van der Waals surface area contributed by atoms with E-state index in [0.717, 1.165) is 5.92 Å². The molecule has 2 fully saturated rings. The second-order valence-electron chi connectivity index (χ2n) is 12.2. The van der Waals surface area contributed by atoms with Crippen LogP contribution in [0.4, 0.5) is 5.69 Å². The number of anilines is 1. The first-order valence-electron chi connectivity index (χ1n) is 12.8. The lowest BCUT2D eigenvalue weighted by molar-refractivity contribution is 0.146. The second kappa shape index (κ2) is 10.6. The highest BCUT2D eigenvalue weighted by Gasteiger charge is 2.46. The zero-order valence-electron chi connectivity index (χ0n) is 22.3. The van der Waals surface area contributed by atoms with Gasteiger partial charge in [0.1, 0.15) is 5.65 Å². The molecule has 1 saturated heterocycles. The first kappa shape index (κ1) is 28.6. The highest BCUT2D eigenvalue weighted by atomic mass is 32.1.